The molecule has 1 saturated heterocycles. The van der Waals surface area contributed by atoms with Gasteiger partial charge in [0.2, 0.25) is 15.9 Å². The number of hydrogen-bond donors (Lipinski definition) is 4. The van der Waals surface area contributed by atoms with Crippen molar-refractivity contribution in [1.82, 2.24) is 20.3 Å². The Balaban J connectivity index is 1.70. The highest BCUT2D eigenvalue weighted by molar-refractivity contribution is 7.89. The standard InChI is InChI=1S/C28H44N6O6S/c1-6-40-24(35)16-31-28(14-23(28)26(37)30-15-20-8-7-13-34(17-20)18-32-29)25(36)19(2)33-41(38,39)22-11-9-21(10-12-22)27(3,4)5/h9-12,18-20,23,31,33H,6-8,13-17,29H2,1-5H3,(H,30,37)/t19-,20-,23?,28?/m0/s1. The largest absolute Gasteiger partial charge is 0.465 e. The Labute approximate surface area is 242 Å². The average Bonchev–Trinajstić information content (AvgIpc) is 3.66. The van der Waals surface area contributed by atoms with Crippen molar-refractivity contribution < 1.29 is 27.5 Å². The number of hydrazone groups is 1. The first-order chi connectivity index (χ1) is 19.2. The molecule has 1 amide bonds. The third-order valence-corrected chi connectivity index (χ3v) is 9.23. The lowest BCUT2D eigenvalue weighted by Gasteiger charge is -2.31. The number of nitrogens with zero attached hydrogens (tertiary/aromatic N) is 2. The number of benzene rings is 1. The van der Waals surface area contributed by atoms with Crippen molar-refractivity contribution in [3.05, 3.63) is 29.8 Å². The maximum absolute atomic E-state index is 13.7. The van der Waals surface area contributed by atoms with Gasteiger partial charge in [0.1, 0.15) is 6.34 Å². The van der Waals surface area contributed by atoms with Crippen LogP contribution >= 0.6 is 0 Å². The lowest BCUT2D eigenvalue weighted by molar-refractivity contribution is -0.142. The number of piperidine rings is 1. The van der Waals surface area contributed by atoms with E-state index in [1.807, 2.05) is 25.7 Å². The number of nitrogens with one attached hydrogen (secondary N) is 3. The Morgan fingerprint density at radius 3 is 2.54 bits per heavy atom. The number of Topliss-reactive ketones (excluding diaryl/α,β-unsaturated/α-hetero) is 1. The predicted molar refractivity (Wildman–Crippen MR) is 155 cm³/mol. The summed E-state index contributed by atoms with van der Waals surface area (Å²) in [7, 11) is -4.03. The fraction of sp³-hybridized carbons (Fsp3) is 0.643. The SMILES string of the molecule is CCOC(=O)CNC1(C(=O)[C@H](C)NS(=O)(=O)c2ccc(C(C)(C)C)cc2)CC1C(=O)NC[C@@H]1CCCN(C=NN)C1. The summed E-state index contributed by atoms with van der Waals surface area (Å²) in [6, 6.07) is 5.36. The van der Waals surface area contributed by atoms with Crippen molar-refractivity contribution in [2.45, 2.75) is 75.8 Å². The number of esters is 1. The van der Waals surface area contributed by atoms with E-state index in [4.69, 9.17) is 10.6 Å². The monoisotopic (exact) mass is 592 g/mol. The molecule has 1 aliphatic heterocycles. The van der Waals surface area contributed by atoms with Crippen LogP contribution in [0.3, 0.4) is 0 Å². The van der Waals surface area contributed by atoms with Crippen molar-refractivity contribution in [3.8, 4) is 0 Å². The Morgan fingerprint density at radius 2 is 1.93 bits per heavy atom. The molecule has 1 heterocycles. The number of rotatable bonds is 13. The van der Waals surface area contributed by atoms with Crippen molar-refractivity contribution >= 4 is 34.0 Å². The van der Waals surface area contributed by atoms with E-state index >= 15 is 0 Å². The van der Waals surface area contributed by atoms with Crippen LogP contribution in [0, 0.1) is 11.8 Å². The summed E-state index contributed by atoms with van der Waals surface area (Å²) in [5.41, 5.74) is -0.560. The first-order valence-electron chi connectivity index (χ1n) is 14.1. The molecule has 0 aromatic heterocycles. The van der Waals surface area contributed by atoms with Crippen LogP contribution < -0.4 is 21.2 Å². The van der Waals surface area contributed by atoms with Crippen molar-refractivity contribution in [1.29, 1.82) is 0 Å². The number of ketones is 1. The zero-order chi connectivity index (χ0) is 30.4. The molecular weight excluding hydrogens is 548 g/mol. The number of ether oxygens (including phenoxy) is 1. The van der Waals surface area contributed by atoms with E-state index < -0.39 is 39.3 Å². The average molecular weight is 593 g/mol. The van der Waals surface area contributed by atoms with Crippen LogP contribution in [0.25, 0.3) is 0 Å². The van der Waals surface area contributed by atoms with Gasteiger partial charge in [0.05, 0.1) is 35.5 Å². The topological polar surface area (TPSA) is 172 Å². The summed E-state index contributed by atoms with van der Waals surface area (Å²) in [4.78, 5) is 41.0. The minimum atomic E-state index is -4.03. The quantitative estimate of drug-likeness (QED) is 0.0852. The molecule has 228 valence electrons. The lowest BCUT2D eigenvalue weighted by Crippen LogP contribution is -2.54. The summed E-state index contributed by atoms with van der Waals surface area (Å²) in [5.74, 6) is 3.29. The molecule has 12 nitrogen and oxygen atoms in total. The second kappa shape index (κ2) is 13.3. The van der Waals surface area contributed by atoms with Gasteiger partial charge in [0.25, 0.3) is 0 Å². The molecule has 1 aromatic rings. The molecule has 1 aliphatic carbocycles. The Morgan fingerprint density at radius 1 is 1.24 bits per heavy atom. The van der Waals surface area contributed by atoms with Crippen molar-refractivity contribution in [3.63, 3.8) is 0 Å². The smallest absolute Gasteiger partial charge is 0.319 e. The molecule has 4 atom stereocenters. The number of sulfonamides is 1. The third-order valence-electron chi connectivity index (χ3n) is 7.67. The van der Waals surface area contributed by atoms with Gasteiger partial charge >= 0.3 is 5.97 Å². The van der Waals surface area contributed by atoms with E-state index in [0.717, 1.165) is 24.9 Å². The summed E-state index contributed by atoms with van der Waals surface area (Å²) in [6.07, 6.45) is 3.59. The lowest BCUT2D eigenvalue weighted by atomic mass is 9.87. The van der Waals surface area contributed by atoms with Gasteiger partial charge in [0, 0.05) is 19.6 Å². The van der Waals surface area contributed by atoms with Crippen molar-refractivity contribution in [2.24, 2.45) is 22.8 Å². The van der Waals surface area contributed by atoms with E-state index in [9.17, 15) is 22.8 Å². The van der Waals surface area contributed by atoms with Crippen LogP contribution in [-0.4, -0.2) is 81.7 Å². The van der Waals surface area contributed by atoms with Gasteiger partial charge in [0.15, 0.2) is 5.78 Å². The molecule has 1 saturated carbocycles. The molecule has 3 rings (SSSR count). The van der Waals surface area contributed by atoms with Crippen LogP contribution in [-0.2, 0) is 34.6 Å². The molecule has 0 spiro atoms. The molecule has 13 heteroatoms. The van der Waals surface area contributed by atoms with Gasteiger partial charge in [-0.15, -0.1) is 0 Å². The highest BCUT2D eigenvalue weighted by atomic mass is 32.2. The van der Waals surface area contributed by atoms with Gasteiger partial charge < -0.3 is 20.8 Å². The Kier molecular flexibility index (Phi) is 10.5. The third kappa shape index (κ3) is 8.26. The molecule has 41 heavy (non-hydrogen) atoms. The van der Waals surface area contributed by atoms with Crippen LogP contribution in [0.2, 0.25) is 0 Å². The van der Waals surface area contributed by atoms with Crippen LogP contribution in [0.15, 0.2) is 34.3 Å². The maximum Gasteiger partial charge on any atom is 0.319 e. The maximum atomic E-state index is 13.7. The molecule has 2 aliphatic rings. The van der Waals surface area contributed by atoms with E-state index in [2.05, 4.69) is 20.5 Å². The van der Waals surface area contributed by atoms with Crippen molar-refractivity contribution in [2.75, 3.05) is 32.8 Å². The zero-order valence-electron chi connectivity index (χ0n) is 24.6. The number of hydrogen-bond acceptors (Lipinski definition) is 9. The minimum Gasteiger partial charge on any atom is -0.465 e. The van der Waals surface area contributed by atoms with Crippen LogP contribution in [0.1, 0.15) is 59.4 Å². The predicted octanol–water partition coefficient (Wildman–Crippen LogP) is 0.862. The second-order valence-corrected chi connectivity index (χ2v) is 13.6. The van der Waals surface area contributed by atoms with Gasteiger partial charge in [-0.3, -0.25) is 19.7 Å². The number of nitrogens with two attached hydrogens (primary N) is 1. The highest BCUT2D eigenvalue weighted by Gasteiger charge is 2.64. The summed E-state index contributed by atoms with van der Waals surface area (Å²) < 4.78 is 33.7. The Bertz CT molecular complexity index is 1230. The number of likely N-dealkylation sites (tertiary alicyclic amines) is 1. The summed E-state index contributed by atoms with van der Waals surface area (Å²) in [5, 5.41) is 9.43. The second-order valence-electron chi connectivity index (χ2n) is 11.9. The zero-order valence-corrected chi connectivity index (χ0v) is 25.4. The highest BCUT2D eigenvalue weighted by Crippen LogP contribution is 2.45. The van der Waals surface area contributed by atoms with E-state index in [0.29, 0.717) is 13.1 Å². The van der Waals surface area contributed by atoms with E-state index in [1.165, 1.54) is 19.1 Å². The minimum absolute atomic E-state index is 0.0324. The molecule has 0 bridgehead atoms. The normalized spacial score (nSPS) is 23.7. The van der Waals surface area contributed by atoms with Crippen LogP contribution in [0.5, 0.6) is 0 Å². The number of carbonyl (C=O) groups excluding carboxylic acids is 3. The summed E-state index contributed by atoms with van der Waals surface area (Å²) in [6.45, 7) is 11.0. The fourth-order valence-corrected chi connectivity index (χ4v) is 6.49. The molecule has 1 aromatic carbocycles. The first-order valence-corrected chi connectivity index (χ1v) is 15.5. The van der Waals surface area contributed by atoms with E-state index in [-0.39, 0.29) is 41.7 Å². The molecular formula is C28H44N6O6S. The van der Waals surface area contributed by atoms with Gasteiger partial charge in [-0.25, -0.2) is 13.1 Å². The molecule has 5 N–H and O–H groups in total. The van der Waals surface area contributed by atoms with Gasteiger partial charge in [-0.2, -0.15) is 5.10 Å². The van der Waals surface area contributed by atoms with E-state index in [1.54, 1.807) is 25.4 Å². The number of amides is 1. The number of carbonyl (C=O) groups is 3. The fourth-order valence-electron chi connectivity index (χ4n) is 5.28. The molecule has 0 radical (unpaired) electrons. The molecule has 2 unspecified atom stereocenters. The van der Waals surface area contributed by atoms with Gasteiger partial charge in [-0.05, 0) is 62.1 Å². The molecule has 2 fully saturated rings. The summed E-state index contributed by atoms with van der Waals surface area (Å²) >= 11 is 0. The Hall–Kier alpha value is -3.03. The van der Waals surface area contributed by atoms with Gasteiger partial charge in [-0.1, -0.05) is 32.9 Å². The van der Waals surface area contributed by atoms with Crippen LogP contribution in [0.4, 0.5) is 0 Å². The first kappa shape index (κ1) is 32.5.